The molecule has 0 heterocycles. The first kappa shape index (κ1) is 40.5. The molecule has 0 nitrogen and oxygen atoms in total. The predicted molar refractivity (Wildman–Crippen MR) is 193 cm³/mol. The van der Waals surface area contributed by atoms with Crippen molar-refractivity contribution in [1.29, 1.82) is 0 Å². The average Bonchev–Trinajstić information content (AvgIpc) is 3.04. The molecule has 0 bridgehead atoms. The van der Waals surface area contributed by atoms with Crippen LogP contribution in [0.25, 0.3) is 0 Å². The molecule has 234 valence electrons. The Labute approximate surface area is 274 Å². The zero-order valence-corrected chi connectivity index (χ0v) is 29.3. The highest BCUT2D eigenvalue weighted by Gasteiger charge is 2.60. The molecule has 0 aromatic rings. The van der Waals surface area contributed by atoms with Crippen molar-refractivity contribution in [3.05, 3.63) is 0 Å². The van der Waals surface area contributed by atoms with E-state index in [1.807, 2.05) is 13.8 Å². The number of terminal acetylenes is 1. The smallest absolute Gasteiger partial charge is 0.118 e. The number of hydrogen-bond acceptors (Lipinski definition) is 0. The summed E-state index contributed by atoms with van der Waals surface area (Å²) < 4.78 is 0. The minimum atomic E-state index is -1.24. The van der Waals surface area contributed by atoms with Crippen LogP contribution in [-0.4, -0.2) is 0 Å². The van der Waals surface area contributed by atoms with E-state index in [-0.39, 0.29) is 0 Å². The third kappa shape index (κ3) is 13.4. The lowest BCUT2D eigenvalue weighted by Gasteiger charge is -2.44. The molecule has 0 fully saturated rings. The van der Waals surface area contributed by atoms with Crippen LogP contribution in [0.15, 0.2) is 0 Å². The fraction of sp³-hybridized carbons (Fsp3) is 0.636. The van der Waals surface area contributed by atoms with E-state index in [0.717, 1.165) is 83.5 Å². The van der Waals surface area contributed by atoms with Gasteiger partial charge in [0.15, 0.2) is 10.8 Å². The molecule has 44 heavy (non-hydrogen) atoms. The highest BCUT2D eigenvalue weighted by molar-refractivity contribution is 5.58. The molecule has 0 saturated heterocycles. The molecule has 0 heteroatoms. The molecule has 3 unspecified atom stereocenters. The Morgan fingerprint density at radius 3 is 1.64 bits per heavy atom. The third-order valence-corrected chi connectivity index (χ3v) is 7.46. The Morgan fingerprint density at radius 1 is 0.477 bits per heavy atom. The molecular formula is C44H58. The van der Waals surface area contributed by atoms with Gasteiger partial charge in [0.1, 0.15) is 5.41 Å². The summed E-state index contributed by atoms with van der Waals surface area (Å²) in [6.07, 6.45) is 23.7. The molecule has 0 aliphatic rings. The third-order valence-electron chi connectivity index (χ3n) is 7.46. The highest BCUT2D eigenvalue weighted by atomic mass is 14.5. The van der Waals surface area contributed by atoms with Crippen molar-refractivity contribution in [3.8, 4) is 95.2 Å². The molecule has 0 aromatic heterocycles. The van der Waals surface area contributed by atoms with Crippen molar-refractivity contribution in [1.82, 2.24) is 0 Å². The number of unbranched alkanes of at least 4 members (excludes halogenated alkanes) is 11. The van der Waals surface area contributed by atoms with Crippen LogP contribution in [0.4, 0.5) is 0 Å². The van der Waals surface area contributed by atoms with E-state index in [2.05, 4.69) is 123 Å². The summed E-state index contributed by atoms with van der Waals surface area (Å²) >= 11 is 0. The first-order valence-electron chi connectivity index (χ1n) is 17.4. The second kappa shape index (κ2) is 25.9. The maximum atomic E-state index is 6.54. The topological polar surface area (TPSA) is 0 Å². The molecule has 0 spiro atoms. The van der Waals surface area contributed by atoms with Crippen molar-refractivity contribution in [3.63, 3.8) is 0 Å². The van der Waals surface area contributed by atoms with E-state index in [0.29, 0.717) is 12.8 Å². The van der Waals surface area contributed by atoms with Crippen LogP contribution in [0.2, 0.25) is 0 Å². The molecule has 0 N–H and O–H groups in total. The van der Waals surface area contributed by atoms with Gasteiger partial charge >= 0.3 is 0 Å². The van der Waals surface area contributed by atoms with Gasteiger partial charge in [-0.25, -0.2) is 0 Å². The second-order valence-electron chi connectivity index (χ2n) is 11.3. The minimum Gasteiger partial charge on any atom is -0.118 e. The lowest BCUT2D eigenvalue weighted by molar-refractivity contribution is 0.217. The molecule has 0 aliphatic carbocycles. The summed E-state index contributed by atoms with van der Waals surface area (Å²) in [4.78, 5) is 0. The zero-order valence-electron chi connectivity index (χ0n) is 29.3. The van der Waals surface area contributed by atoms with Gasteiger partial charge in [-0.2, -0.15) is 0 Å². The van der Waals surface area contributed by atoms with E-state index in [1.54, 1.807) is 0 Å². The monoisotopic (exact) mass is 586 g/mol. The summed E-state index contributed by atoms with van der Waals surface area (Å²) in [5.74, 6) is 51.2. The van der Waals surface area contributed by atoms with Gasteiger partial charge in [-0.1, -0.05) is 140 Å². The van der Waals surface area contributed by atoms with Crippen molar-refractivity contribution in [2.24, 2.45) is 16.2 Å². The highest BCUT2D eigenvalue weighted by Crippen LogP contribution is 2.54. The molecule has 3 atom stereocenters. The molecule has 0 saturated carbocycles. The van der Waals surface area contributed by atoms with Crippen molar-refractivity contribution >= 4 is 0 Å². The summed E-state index contributed by atoms with van der Waals surface area (Å²) in [6.45, 7) is 14.8. The van der Waals surface area contributed by atoms with Crippen LogP contribution in [0.3, 0.4) is 0 Å². The zero-order chi connectivity index (χ0) is 32.8. The Bertz CT molecular complexity index is 1300. The molecule has 0 aromatic carbocycles. The van der Waals surface area contributed by atoms with Crippen LogP contribution >= 0.6 is 0 Å². The summed E-state index contributed by atoms with van der Waals surface area (Å²) in [6, 6.07) is 0. The normalized spacial score (nSPS) is 13.3. The van der Waals surface area contributed by atoms with Crippen LogP contribution in [0.1, 0.15) is 164 Å². The van der Waals surface area contributed by atoms with Gasteiger partial charge in [-0.3, -0.25) is 0 Å². The van der Waals surface area contributed by atoms with Gasteiger partial charge < -0.3 is 0 Å². The van der Waals surface area contributed by atoms with Crippen molar-refractivity contribution in [2.45, 2.75) is 164 Å². The van der Waals surface area contributed by atoms with Crippen LogP contribution < -0.4 is 0 Å². The van der Waals surface area contributed by atoms with Gasteiger partial charge in [0.2, 0.25) is 0 Å². The van der Waals surface area contributed by atoms with Crippen LogP contribution in [0, 0.1) is 111 Å². The molecule has 0 radical (unpaired) electrons. The minimum absolute atomic E-state index is 0.640. The molecular weight excluding hydrogens is 528 g/mol. The maximum Gasteiger partial charge on any atom is 0.182 e. The predicted octanol–water partition coefficient (Wildman–Crippen LogP) is 10.8. The Hall–Kier alpha value is -3.52. The van der Waals surface area contributed by atoms with Crippen molar-refractivity contribution in [2.75, 3.05) is 0 Å². The molecule has 0 rings (SSSR count). The van der Waals surface area contributed by atoms with Crippen LogP contribution in [-0.2, 0) is 0 Å². The van der Waals surface area contributed by atoms with E-state index in [9.17, 15) is 0 Å². The van der Waals surface area contributed by atoms with E-state index in [4.69, 9.17) is 6.42 Å². The Morgan fingerprint density at radius 2 is 1.05 bits per heavy atom. The largest absolute Gasteiger partial charge is 0.182 e. The van der Waals surface area contributed by atoms with E-state index in [1.165, 1.54) is 19.3 Å². The van der Waals surface area contributed by atoms with Gasteiger partial charge in [-0.05, 0) is 50.9 Å². The standard InChI is InChI=1S/C44H58/c1-9-17-23-26-27-28-30-34-39-43(37-32-25-19-11-3,38-33-29-24-18-10-2)44(40-22-14-6,41-31-20-12-4)42(16-8,35-15-7)36-21-13-5/h8H,9-14,17-21,23-27,29,36H2,1-7H3. The number of hydrogen-bond donors (Lipinski definition) is 0. The Kier molecular flexibility index (Phi) is 23.9. The SMILES string of the molecule is C#CC(C#CC)(CCCC)C(C#CCC)(C#CCCC)C(C#CC#CCCCCCC)(C#CCCCC)C#CCCCCC. The average molecular weight is 587 g/mol. The summed E-state index contributed by atoms with van der Waals surface area (Å²) in [5, 5.41) is 0. The van der Waals surface area contributed by atoms with Gasteiger partial charge in [0, 0.05) is 32.1 Å². The quantitative estimate of drug-likeness (QED) is 0.132. The summed E-state index contributed by atoms with van der Waals surface area (Å²) in [7, 11) is 0. The molecule has 0 aliphatic heterocycles. The van der Waals surface area contributed by atoms with Crippen molar-refractivity contribution < 1.29 is 0 Å². The summed E-state index contributed by atoms with van der Waals surface area (Å²) in [5.41, 5.74) is -3.46. The van der Waals surface area contributed by atoms with E-state index >= 15 is 0 Å². The van der Waals surface area contributed by atoms with Gasteiger partial charge in [0.25, 0.3) is 0 Å². The fourth-order valence-corrected chi connectivity index (χ4v) is 4.87. The Balaban J connectivity index is 8.11. The lowest BCUT2D eigenvalue weighted by atomic mass is 9.50. The lowest BCUT2D eigenvalue weighted by Crippen LogP contribution is -2.50. The number of rotatable bonds is 15. The van der Waals surface area contributed by atoms with Crippen LogP contribution in [0.5, 0.6) is 0 Å². The first-order chi connectivity index (χ1) is 21.5. The maximum absolute atomic E-state index is 6.54. The van der Waals surface area contributed by atoms with Gasteiger partial charge in [0.05, 0.1) is 0 Å². The first-order valence-corrected chi connectivity index (χ1v) is 17.4. The second-order valence-corrected chi connectivity index (χ2v) is 11.3. The van der Waals surface area contributed by atoms with E-state index < -0.39 is 16.2 Å². The molecule has 0 amide bonds. The fourth-order valence-electron chi connectivity index (χ4n) is 4.87. The van der Waals surface area contributed by atoms with Gasteiger partial charge in [-0.15, -0.1) is 36.0 Å².